The molecule has 0 aliphatic carbocycles. The summed E-state index contributed by atoms with van der Waals surface area (Å²) in [5.41, 5.74) is 7.60. The van der Waals surface area contributed by atoms with E-state index in [0.717, 1.165) is 5.56 Å². The number of hydrogen-bond donors (Lipinski definition) is 2. The largest absolute Gasteiger partial charge is 0.327 e. The second kappa shape index (κ2) is 6.43. The van der Waals surface area contributed by atoms with Gasteiger partial charge < -0.3 is 10.7 Å². The molecule has 20 heavy (non-hydrogen) atoms. The second-order valence-electron chi connectivity index (χ2n) is 4.64. The van der Waals surface area contributed by atoms with Gasteiger partial charge in [0.15, 0.2) is 5.16 Å². The average molecular weight is 310 g/mol. The highest BCUT2D eigenvalue weighted by Gasteiger charge is 2.19. The number of nitrogens with zero attached hydrogens (tertiary/aromatic N) is 1. The van der Waals surface area contributed by atoms with Crippen molar-refractivity contribution in [2.75, 3.05) is 0 Å². The first kappa shape index (κ1) is 15.1. The van der Waals surface area contributed by atoms with E-state index < -0.39 is 0 Å². The molecule has 4 nitrogen and oxygen atoms in total. The molecule has 1 aromatic heterocycles. The van der Waals surface area contributed by atoms with E-state index in [2.05, 4.69) is 9.97 Å². The molecule has 2 unspecified atom stereocenters. The summed E-state index contributed by atoms with van der Waals surface area (Å²) >= 11 is 7.46. The second-order valence-corrected chi connectivity index (χ2v) is 6.21. The van der Waals surface area contributed by atoms with Gasteiger partial charge in [-0.15, -0.1) is 0 Å². The zero-order valence-electron chi connectivity index (χ0n) is 11.3. The van der Waals surface area contributed by atoms with Crippen LogP contribution in [0, 0.1) is 6.92 Å². The Bertz CT molecular complexity index is 657. The molecule has 0 spiro atoms. The highest BCUT2D eigenvalue weighted by molar-refractivity contribution is 7.99. The van der Waals surface area contributed by atoms with E-state index in [4.69, 9.17) is 17.3 Å². The van der Waals surface area contributed by atoms with Crippen LogP contribution in [0.3, 0.4) is 0 Å². The van der Waals surface area contributed by atoms with Crippen molar-refractivity contribution >= 4 is 23.4 Å². The van der Waals surface area contributed by atoms with E-state index in [1.54, 1.807) is 6.92 Å². The number of H-pyrrole nitrogens is 1. The van der Waals surface area contributed by atoms with Crippen LogP contribution in [0.1, 0.15) is 23.4 Å². The summed E-state index contributed by atoms with van der Waals surface area (Å²) in [6, 6.07) is 8.92. The molecule has 0 aliphatic heterocycles. The maximum absolute atomic E-state index is 11.5. The van der Waals surface area contributed by atoms with Crippen LogP contribution in [0.5, 0.6) is 0 Å². The van der Waals surface area contributed by atoms with Gasteiger partial charge in [-0.3, -0.25) is 4.79 Å². The van der Waals surface area contributed by atoms with Crippen LogP contribution >= 0.6 is 23.4 Å². The minimum Gasteiger partial charge on any atom is -0.327 e. The van der Waals surface area contributed by atoms with Crippen molar-refractivity contribution < 1.29 is 0 Å². The number of hydrogen-bond acceptors (Lipinski definition) is 4. The van der Waals surface area contributed by atoms with Gasteiger partial charge in [-0.2, -0.15) is 0 Å². The molecule has 0 saturated carbocycles. The highest BCUT2D eigenvalue weighted by Crippen LogP contribution is 2.35. The van der Waals surface area contributed by atoms with E-state index in [9.17, 15) is 4.79 Å². The fourth-order valence-corrected chi connectivity index (χ4v) is 3.18. The monoisotopic (exact) mass is 309 g/mol. The van der Waals surface area contributed by atoms with Gasteiger partial charge in [-0.25, -0.2) is 4.98 Å². The molecule has 106 valence electrons. The molecule has 0 bridgehead atoms. The molecule has 2 aromatic rings. The summed E-state index contributed by atoms with van der Waals surface area (Å²) in [6.07, 6.45) is 0. The number of aryl methyl sites for hydroxylation is 1. The zero-order valence-corrected chi connectivity index (χ0v) is 12.8. The Balaban J connectivity index is 2.32. The molecular weight excluding hydrogens is 294 g/mol. The smallest absolute Gasteiger partial charge is 0.251 e. The number of rotatable bonds is 4. The van der Waals surface area contributed by atoms with Gasteiger partial charge in [-0.1, -0.05) is 35.5 Å². The molecule has 1 aromatic carbocycles. The predicted octanol–water partition coefficient (Wildman–Crippen LogP) is 2.91. The lowest BCUT2D eigenvalue weighted by molar-refractivity contribution is 0.717. The van der Waals surface area contributed by atoms with Crippen molar-refractivity contribution in [3.8, 4) is 0 Å². The fourth-order valence-electron chi connectivity index (χ4n) is 1.89. The van der Waals surface area contributed by atoms with Crippen molar-refractivity contribution in [2.24, 2.45) is 5.73 Å². The molecule has 0 saturated heterocycles. The Hall–Kier alpha value is -1.30. The van der Waals surface area contributed by atoms with E-state index >= 15 is 0 Å². The van der Waals surface area contributed by atoms with Crippen LogP contribution in [0.2, 0.25) is 5.02 Å². The van der Waals surface area contributed by atoms with Gasteiger partial charge in [-0.05, 0) is 31.5 Å². The van der Waals surface area contributed by atoms with Gasteiger partial charge in [0, 0.05) is 22.8 Å². The van der Waals surface area contributed by atoms with Crippen molar-refractivity contribution in [3.63, 3.8) is 0 Å². The Labute approximate surface area is 126 Å². The topological polar surface area (TPSA) is 71.8 Å². The SMILES string of the molecule is Cc1cc(=O)[nH]c(SC(c2cccc(Cl)c2)C(C)N)n1. The van der Waals surface area contributed by atoms with Crippen molar-refractivity contribution in [3.05, 3.63) is 57.0 Å². The van der Waals surface area contributed by atoms with Crippen molar-refractivity contribution in [1.82, 2.24) is 9.97 Å². The molecule has 0 fully saturated rings. The third-order valence-electron chi connectivity index (χ3n) is 2.74. The first-order valence-corrected chi connectivity index (χ1v) is 7.47. The molecule has 2 atom stereocenters. The summed E-state index contributed by atoms with van der Waals surface area (Å²) in [7, 11) is 0. The number of halogens is 1. The number of aromatic amines is 1. The normalized spacial score (nSPS) is 14.0. The van der Waals surface area contributed by atoms with Crippen LogP contribution < -0.4 is 11.3 Å². The number of nitrogens with two attached hydrogens (primary N) is 1. The fraction of sp³-hybridized carbons (Fsp3) is 0.286. The Morgan fingerprint density at radius 2 is 2.15 bits per heavy atom. The first-order valence-electron chi connectivity index (χ1n) is 6.21. The zero-order chi connectivity index (χ0) is 14.7. The maximum Gasteiger partial charge on any atom is 0.251 e. The standard InChI is InChI=1S/C14H16ClN3OS/c1-8-6-12(19)18-14(17-8)20-13(9(2)16)10-4-3-5-11(15)7-10/h3-7,9,13H,16H2,1-2H3,(H,17,18,19). The van der Waals surface area contributed by atoms with E-state index in [1.807, 2.05) is 31.2 Å². The third kappa shape index (κ3) is 3.85. The number of thioether (sulfide) groups is 1. The Morgan fingerprint density at radius 3 is 2.75 bits per heavy atom. The minimum absolute atomic E-state index is 0.0290. The molecule has 1 heterocycles. The summed E-state index contributed by atoms with van der Waals surface area (Å²) < 4.78 is 0. The summed E-state index contributed by atoms with van der Waals surface area (Å²) in [5, 5.41) is 1.20. The van der Waals surface area contributed by atoms with Crippen LogP contribution in [-0.4, -0.2) is 16.0 Å². The van der Waals surface area contributed by atoms with Crippen molar-refractivity contribution in [2.45, 2.75) is 30.3 Å². The highest BCUT2D eigenvalue weighted by atomic mass is 35.5. The Kier molecular flexibility index (Phi) is 4.86. The van der Waals surface area contributed by atoms with Crippen molar-refractivity contribution in [1.29, 1.82) is 0 Å². The van der Waals surface area contributed by atoms with Gasteiger partial charge >= 0.3 is 0 Å². The number of nitrogens with one attached hydrogen (secondary N) is 1. The summed E-state index contributed by atoms with van der Waals surface area (Å²) in [6.45, 7) is 3.71. The molecular formula is C14H16ClN3OS. The molecule has 6 heteroatoms. The first-order chi connectivity index (χ1) is 9.45. The van der Waals surface area contributed by atoms with Gasteiger partial charge in [0.1, 0.15) is 0 Å². The summed E-state index contributed by atoms with van der Waals surface area (Å²) in [4.78, 5) is 18.5. The predicted molar refractivity (Wildman–Crippen MR) is 83.3 cm³/mol. The van der Waals surface area contributed by atoms with Gasteiger partial charge in [0.05, 0.1) is 5.25 Å². The van der Waals surface area contributed by atoms with Crippen LogP contribution in [0.15, 0.2) is 40.3 Å². The third-order valence-corrected chi connectivity index (χ3v) is 4.35. The molecule has 3 N–H and O–H groups in total. The van der Waals surface area contributed by atoms with E-state index in [0.29, 0.717) is 15.9 Å². The molecule has 2 rings (SSSR count). The number of aromatic nitrogens is 2. The van der Waals surface area contributed by atoms with E-state index in [1.165, 1.54) is 17.8 Å². The van der Waals surface area contributed by atoms with E-state index in [-0.39, 0.29) is 16.9 Å². The average Bonchev–Trinajstić information content (AvgIpc) is 2.34. The van der Waals surface area contributed by atoms with Gasteiger partial charge in [0.2, 0.25) is 0 Å². The van der Waals surface area contributed by atoms with Gasteiger partial charge in [0.25, 0.3) is 5.56 Å². The summed E-state index contributed by atoms with van der Waals surface area (Å²) in [5.74, 6) is 0. The van der Waals surface area contributed by atoms with Crippen LogP contribution in [0.4, 0.5) is 0 Å². The maximum atomic E-state index is 11.5. The lowest BCUT2D eigenvalue weighted by atomic mass is 10.1. The molecule has 0 amide bonds. The number of benzene rings is 1. The lowest BCUT2D eigenvalue weighted by Crippen LogP contribution is -2.23. The minimum atomic E-state index is -0.158. The Morgan fingerprint density at radius 1 is 1.40 bits per heavy atom. The van der Waals surface area contributed by atoms with Crippen LogP contribution in [0.25, 0.3) is 0 Å². The molecule has 0 radical (unpaired) electrons. The molecule has 0 aliphatic rings. The lowest BCUT2D eigenvalue weighted by Gasteiger charge is -2.20. The quantitative estimate of drug-likeness (QED) is 0.673. The van der Waals surface area contributed by atoms with Crippen LogP contribution in [-0.2, 0) is 0 Å².